The highest BCUT2D eigenvalue weighted by molar-refractivity contribution is 5.76. The van der Waals surface area contributed by atoms with Crippen LogP contribution in [0, 0.1) is 0 Å². The quantitative estimate of drug-likeness (QED) is 0.747. The van der Waals surface area contributed by atoms with Gasteiger partial charge in [0.2, 0.25) is 0 Å². The highest BCUT2D eigenvalue weighted by Crippen LogP contribution is 2.31. The summed E-state index contributed by atoms with van der Waals surface area (Å²) in [4.78, 5) is 11.8. The Kier molecular flexibility index (Phi) is 6.69. The van der Waals surface area contributed by atoms with E-state index in [0.717, 1.165) is 5.56 Å². The first-order valence-electron chi connectivity index (χ1n) is 8.34. The van der Waals surface area contributed by atoms with Gasteiger partial charge in [-0.25, -0.2) is 0 Å². The Morgan fingerprint density at radius 3 is 2.40 bits per heavy atom. The third-order valence-electron chi connectivity index (χ3n) is 3.84. The first-order valence-corrected chi connectivity index (χ1v) is 8.34. The molecule has 1 atom stereocenters. The standard InChI is InChI=1S/C20H24O5/c1-4-24-18-10-9-14(12-19(18)25-5-2)11-17(20(21)22)15-7-6-8-16(13-15)23-3/h6-10,12-13,17H,4-5,11H2,1-3H3,(H,21,22). The van der Waals surface area contributed by atoms with Crippen LogP contribution in [0.25, 0.3) is 0 Å². The van der Waals surface area contributed by atoms with Gasteiger partial charge in [0.25, 0.3) is 0 Å². The van der Waals surface area contributed by atoms with Crippen molar-refractivity contribution in [1.82, 2.24) is 0 Å². The topological polar surface area (TPSA) is 65.0 Å². The smallest absolute Gasteiger partial charge is 0.311 e. The second-order valence-electron chi connectivity index (χ2n) is 5.52. The molecule has 1 N–H and O–H groups in total. The lowest BCUT2D eigenvalue weighted by Gasteiger charge is -2.16. The fourth-order valence-corrected chi connectivity index (χ4v) is 2.66. The van der Waals surface area contributed by atoms with Gasteiger partial charge in [0.05, 0.1) is 26.2 Å². The predicted molar refractivity (Wildman–Crippen MR) is 95.9 cm³/mol. The molecule has 0 spiro atoms. The number of carboxylic acids is 1. The first-order chi connectivity index (χ1) is 12.1. The van der Waals surface area contributed by atoms with E-state index in [1.165, 1.54) is 0 Å². The Morgan fingerprint density at radius 1 is 1.04 bits per heavy atom. The monoisotopic (exact) mass is 344 g/mol. The zero-order valence-corrected chi connectivity index (χ0v) is 14.8. The maximum atomic E-state index is 11.8. The van der Waals surface area contributed by atoms with Crippen molar-refractivity contribution in [3.63, 3.8) is 0 Å². The molecule has 134 valence electrons. The normalized spacial score (nSPS) is 11.6. The lowest BCUT2D eigenvalue weighted by Crippen LogP contribution is -2.14. The van der Waals surface area contributed by atoms with Gasteiger partial charge < -0.3 is 19.3 Å². The number of benzene rings is 2. The molecule has 0 fully saturated rings. The lowest BCUT2D eigenvalue weighted by atomic mass is 9.92. The van der Waals surface area contributed by atoms with E-state index in [4.69, 9.17) is 14.2 Å². The summed E-state index contributed by atoms with van der Waals surface area (Å²) < 4.78 is 16.4. The molecule has 0 heterocycles. The summed E-state index contributed by atoms with van der Waals surface area (Å²) in [7, 11) is 1.57. The SMILES string of the molecule is CCOc1ccc(CC(C(=O)O)c2cccc(OC)c2)cc1OCC. The molecule has 2 rings (SSSR count). The van der Waals surface area contributed by atoms with Crippen LogP contribution in [0.4, 0.5) is 0 Å². The van der Waals surface area contributed by atoms with E-state index in [2.05, 4.69) is 0 Å². The van der Waals surface area contributed by atoms with Crippen molar-refractivity contribution < 1.29 is 24.1 Å². The number of carbonyl (C=O) groups is 1. The van der Waals surface area contributed by atoms with Gasteiger partial charge >= 0.3 is 5.97 Å². The van der Waals surface area contributed by atoms with Gasteiger partial charge in [-0.1, -0.05) is 18.2 Å². The lowest BCUT2D eigenvalue weighted by molar-refractivity contribution is -0.138. The maximum Gasteiger partial charge on any atom is 0.311 e. The summed E-state index contributed by atoms with van der Waals surface area (Å²) in [6.45, 7) is 4.87. The van der Waals surface area contributed by atoms with Crippen molar-refractivity contribution in [2.24, 2.45) is 0 Å². The highest BCUT2D eigenvalue weighted by atomic mass is 16.5. The summed E-state index contributed by atoms with van der Waals surface area (Å²) in [5.74, 6) is 0.408. The van der Waals surface area contributed by atoms with Crippen LogP contribution >= 0.6 is 0 Å². The van der Waals surface area contributed by atoms with E-state index in [1.54, 1.807) is 31.4 Å². The molecule has 0 saturated carbocycles. The number of rotatable bonds is 9. The molecule has 1 unspecified atom stereocenters. The van der Waals surface area contributed by atoms with Gasteiger partial charge in [0, 0.05) is 0 Å². The first kappa shape index (κ1) is 18.6. The maximum absolute atomic E-state index is 11.8. The molecule has 5 heteroatoms. The fraction of sp³-hybridized carbons (Fsp3) is 0.350. The van der Waals surface area contributed by atoms with Crippen LogP contribution in [0.1, 0.15) is 30.9 Å². The van der Waals surface area contributed by atoms with Crippen molar-refractivity contribution in [3.05, 3.63) is 53.6 Å². The molecular weight excluding hydrogens is 320 g/mol. The van der Waals surface area contributed by atoms with Crippen molar-refractivity contribution in [1.29, 1.82) is 0 Å². The van der Waals surface area contributed by atoms with Crippen molar-refractivity contribution >= 4 is 5.97 Å². The zero-order chi connectivity index (χ0) is 18.2. The Labute approximate surface area is 148 Å². The van der Waals surface area contributed by atoms with Gasteiger partial charge in [-0.2, -0.15) is 0 Å². The van der Waals surface area contributed by atoms with Crippen molar-refractivity contribution in [2.45, 2.75) is 26.2 Å². The summed E-state index contributed by atoms with van der Waals surface area (Å²) >= 11 is 0. The molecule has 0 aromatic heterocycles. The number of carboxylic acid groups (broad SMARTS) is 1. The van der Waals surface area contributed by atoms with E-state index in [0.29, 0.717) is 42.4 Å². The Morgan fingerprint density at radius 2 is 1.76 bits per heavy atom. The van der Waals surface area contributed by atoms with E-state index in [1.807, 2.05) is 32.0 Å². The number of methoxy groups -OCH3 is 1. The molecule has 0 amide bonds. The molecule has 2 aromatic rings. The molecule has 25 heavy (non-hydrogen) atoms. The van der Waals surface area contributed by atoms with Crippen molar-refractivity contribution in [3.8, 4) is 17.2 Å². The van der Waals surface area contributed by atoms with E-state index >= 15 is 0 Å². The second-order valence-corrected chi connectivity index (χ2v) is 5.52. The summed E-state index contributed by atoms with van der Waals surface area (Å²) in [6.07, 6.45) is 0.356. The third-order valence-corrected chi connectivity index (χ3v) is 3.84. The average molecular weight is 344 g/mol. The van der Waals surface area contributed by atoms with Gasteiger partial charge in [0.1, 0.15) is 5.75 Å². The van der Waals surface area contributed by atoms with Gasteiger partial charge in [-0.15, -0.1) is 0 Å². The molecular formula is C20H24O5. The minimum absolute atomic E-state index is 0.356. The van der Waals surface area contributed by atoms with E-state index in [-0.39, 0.29) is 0 Å². The van der Waals surface area contributed by atoms with Crippen molar-refractivity contribution in [2.75, 3.05) is 20.3 Å². The van der Waals surface area contributed by atoms with Gasteiger partial charge in [-0.3, -0.25) is 4.79 Å². The average Bonchev–Trinajstić information content (AvgIpc) is 2.62. The molecule has 0 saturated heterocycles. The van der Waals surface area contributed by atoms with Gasteiger partial charge in [0.15, 0.2) is 11.5 Å². The zero-order valence-electron chi connectivity index (χ0n) is 14.8. The Balaban J connectivity index is 2.29. The molecule has 0 radical (unpaired) electrons. The number of hydrogen-bond donors (Lipinski definition) is 1. The van der Waals surface area contributed by atoms with Crippen LogP contribution in [0.3, 0.4) is 0 Å². The Bertz CT molecular complexity index is 711. The number of ether oxygens (including phenoxy) is 3. The summed E-state index contributed by atoms with van der Waals surface area (Å²) in [5.41, 5.74) is 1.58. The Hall–Kier alpha value is -2.69. The molecule has 2 aromatic carbocycles. The fourth-order valence-electron chi connectivity index (χ4n) is 2.66. The number of hydrogen-bond acceptors (Lipinski definition) is 4. The molecule has 0 bridgehead atoms. The largest absolute Gasteiger partial charge is 0.497 e. The van der Waals surface area contributed by atoms with Crippen LogP contribution in [0.2, 0.25) is 0 Å². The predicted octanol–water partition coefficient (Wildman–Crippen LogP) is 3.90. The summed E-state index contributed by atoms with van der Waals surface area (Å²) in [6, 6.07) is 12.7. The van der Waals surface area contributed by atoms with Crippen LogP contribution in [-0.2, 0) is 11.2 Å². The number of aliphatic carboxylic acids is 1. The molecule has 5 nitrogen and oxygen atoms in total. The molecule has 0 aliphatic carbocycles. The van der Waals surface area contributed by atoms with E-state index in [9.17, 15) is 9.90 Å². The van der Waals surface area contributed by atoms with Gasteiger partial charge in [-0.05, 0) is 55.7 Å². The molecule has 0 aliphatic rings. The minimum Gasteiger partial charge on any atom is -0.497 e. The molecule has 0 aliphatic heterocycles. The highest BCUT2D eigenvalue weighted by Gasteiger charge is 2.21. The van der Waals surface area contributed by atoms with Crippen LogP contribution in [0.15, 0.2) is 42.5 Å². The van der Waals surface area contributed by atoms with Crippen LogP contribution in [-0.4, -0.2) is 31.4 Å². The minimum atomic E-state index is -0.875. The van der Waals surface area contributed by atoms with E-state index < -0.39 is 11.9 Å². The van der Waals surface area contributed by atoms with Crippen LogP contribution in [0.5, 0.6) is 17.2 Å². The third kappa shape index (κ3) is 4.89. The second kappa shape index (κ2) is 8.97. The summed E-state index contributed by atoms with van der Waals surface area (Å²) in [5, 5.41) is 9.67. The van der Waals surface area contributed by atoms with Crippen LogP contribution < -0.4 is 14.2 Å².